The molecule has 1 N–H and O–H groups in total. The highest BCUT2D eigenvalue weighted by Gasteiger charge is 2.31. The predicted octanol–water partition coefficient (Wildman–Crippen LogP) is 1.74. The van der Waals surface area contributed by atoms with Gasteiger partial charge in [-0.1, -0.05) is 0 Å². The third kappa shape index (κ3) is 3.74. The second kappa shape index (κ2) is 7.16. The van der Waals surface area contributed by atoms with Crippen LogP contribution in [-0.4, -0.2) is 60.8 Å². The van der Waals surface area contributed by atoms with Crippen molar-refractivity contribution < 1.29 is 27.5 Å². The molecule has 0 atom stereocenters. The molecule has 8 nitrogen and oxygen atoms in total. The van der Waals surface area contributed by atoms with Crippen LogP contribution in [0.4, 0.5) is 0 Å². The molecular formula is C18H20N2O6S. The zero-order chi connectivity index (χ0) is 19.8. The van der Waals surface area contributed by atoms with Gasteiger partial charge < -0.3 is 14.4 Å². The van der Waals surface area contributed by atoms with E-state index in [0.29, 0.717) is 5.76 Å². The monoisotopic (exact) mass is 392 g/mol. The largest absolute Gasteiger partial charge is 0.478 e. The number of benzene rings is 1. The van der Waals surface area contributed by atoms with Crippen molar-refractivity contribution in [1.29, 1.82) is 0 Å². The Morgan fingerprint density at radius 3 is 2.11 bits per heavy atom. The van der Waals surface area contributed by atoms with Crippen LogP contribution in [0.5, 0.6) is 0 Å². The summed E-state index contributed by atoms with van der Waals surface area (Å²) in [5, 5.41) is 8.92. The first-order valence-corrected chi connectivity index (χ1v) is 9.84. The van der Waals surface area contributed by atoms with E-state index in [1.165, 1.54) is 28.6 Å². The normalized spacial score (nSPS) is 15.7. The standard InChI is InChI=1S/C18H20N2O6S/c1-12-11-13(2)26-16(12)17(21)19-7-9-20(10-8-19)27(24,25)15-5-3-14(4-6-15)18(22)23/h3-6,11H,7-10H2,1-2H3,(H,22,23). The summed E-state index contributed by atoms with van der Waals surface area (Å²) in [4.78, 5) is 25.1. The van der Waals surface area contributed by atoms with Crippen LogP contribution in [0, 0.1) is 13.8 Å². The summed E-state index contributed by atoms with van der Waals surface area (Å²) in [6.07, 6.45) is 0. The molecule has 1 aromatic heterocycles. The molecule has 1 aliphatic rings. The summed E-state index contributed by atoms with van der Waals surface area (Å²) in [5.74, 6) is -0.423. The van der Waals surface area contributed by atoms with E-state index in [1.54, 1.807) is 24.8 Å². The lowest BCUT2D eigenvalue weighted by molar-refractivity contribution is 0.0662. The summed E-state index contributed by atoms with van der Waals surface area (Å²) in [6.45, 7) is 4.39. The fourth-order valence-corrected chi connectivity index (χ4v) is 4.47. The highest BCUT2D eigenvalue weighted by Crippen LogP contribution is 2.21. The highest BCUT2D eigenvalue weighted by molar-refractivity contribution is 7.89. The minimum absolute atomic E-state index is 0.0217. The van der Waals surface area contributed by atoms with Crippen LogP contribution >= 0.6 is 0 Å². The summed E-state index contributed by atoms with van der Waals surface area (Å²) < 4.78 is 32.2. The topological polar surface area (TPSA) is 108 Å². The van der Waals surface area contributed by atoms with E-state index in [9.17, 15) is 18.0 Å². The van der Waals surface area contributed by atoms with Crippen LogP contribution in [0.1, 0.15) is 32.2 Å². The van der Waals surface area contributed by atoms with E-state index < -0.39 is 16.0 Å². The van der Waals surface area contributed by atoms with Crippen molar-refractivity contribution in [2.75, 3.05) is 26.2 Å². The lowest BCUT2D eigenvalue weighted by Gasteiger charge is -2.33. The van der Waals surface area contributed by atoms with Crippen LogP contribution in [0.3, 0.4) is 0 Å². The molecule has 0 bridgehead atoms. The molecular weight excluding hydrogens is 372 g/mol. The number of hydrogen-bond donors (Lipinski definition) is 1. The first-order valence-electron chi connectivity index (χ1n) is 8.40. The van der Waals surface area contributed by atoms with Gasteiger partial charge in [-0.15, -0.1) is 0 Å². The Hall–Kier alpha value is -2.65. The van der Waals surface area contributed by atoms with E-state index in [2.05, 4.69) is 0 Å². The van der Waals surface area contributed by atoms with Gasteiger partial charge in [-0.25, -0.2) is 13.2 Å². The molecule has 1 amide bonds. The van der Waals surface area contributed by atoms with E-state index >= 15 is 0 Å². The molecule has 0 saturated carbocycles. The van der Waals surface area contributed by atoms with Gasteiger partial charge >= 0.3 is 5.97 Å². The zero-order valence-electron chi connectivity index (χ0n) is 15.0. The van der Waals surface area contributed by atoms with Crippen LogP contribution in [0.25, 0.3) is 0 Å². The van der Waals surface area contributed by atoms with Gasteiger partial charge in [-0.3, -0.25) is 4.79 Å². The van der Waals surface area contributed by atoms with Crippen molar-refractivity contribution in [3.63, 3.8) is 0 Å². The maximum Gasteiger partial charge on any atom is 0.335 e. The predicted molar refractivity (Wildman–Crippen MR) is 96.2 cm³/mol. The molecule has 144 valence electrons. The fraction of sp³-hybridized carbons (Fsp3) is 0.333. The molecule has 2 heterocycles. The summed E-state index contributed by atoms with van der Waals surface area (Å²) in [7, 11) is -3.74. The van der Waals surface area contributed by atoms with Crippen molar-refractivity contribution in [2.45, 2.75) is 18.7 Å². The number of aromatic carboxylic acids is 1. The molecule has 0 aliphatic carbocycles. The maximum absolute atomic E-state index is 12.7. The van der Waals surface area contributed by atoms with E-state index in [-0.39, 0.29) is 48.3 Å². The number of carboxylic acid groups (broad SMARTS) is 1. The fourth-order valence-electron chi connectivity index (χ4n) is 3.05. The van der Waals surface area contributed by atoms with Crippen molar-refractivity contribution in [3.05, 3.63) is 53.0 Å². The number of carbonyl (C=O) groups is 2. The van der Waals surface area contributed by atoms with E-state index in [0.717, 1.165) is 5.56 Å². The Balaban J connectivity index is 1.70. The molecule has 0 spiro atoms. The van der Waals surface area contributed by atoms with Crippen LogP contribution in [-0.2, 0) is 10.0 Å². The number of furan rings is 1. The molecule has 27 heavy (non-hydrogen) atoms. The second-order valence-electron chi connectivity index (χ2n) is 6.40. The van der Waals surface area contributed by atoms with Gasteiger partial charge in [0.1, 0.15) is 5.76 Å². The molecule has 0 radical (unpaired) electrons. The van der Waals surface area contributed by atoms with Gasteiger partial charge in [0.15, 0.2) is 5.76 Å². The first-order chi connectivity index (χ1) is 12.7. The molecule has 0 unspecified atom stereocenters. The highest BCUT2D eigenvalue weighted by atomic mass is 32.2. The molecule has 9 heteroatoms. The van der Waals surface area contributed by atoms with Crippen molar-refractivity contribution in [1.82, 2.24) is 9.21 Å². The van der Waals surface area contributed by atoms with Crippen molar-refractivity contribution in [3.8, 4) is 0 Å². The molecule has 1 aliphatic heterocycles. The number of sulfonamides is 1. The number of amides is 1. The number of carboxylic acids is 1. The average molecular weight is 392 g/mol. The van der Waals surface area contributed by atoms with Crippen LogP contribution in [0.15, 0.2) is 39.6 Å². The lowest BCUT2D eigenvalue weighted by Crippen LogP contribution is -2.50. The molecule has 1 aromatic carbocycles. The number of rotatable bonds is 4. The third-order valence-corrected chi connectivity index (χ3v) is 6.41. The smallest absolute Gasteiger partial charge is 0.335 e. The van der Waals surface area contributed by atoms with E-state index in [4.69, 9.17) is 9.52 Å². The Morgan fingerprint density at radius 2 is 1.63 bits per heavy atom. The number of piperazine rings is 1. The quantitative estimate of drug-likeness (QED) is 0.849. The van der Waals surface area contributed by atoms with Gasteiger partial charge in [-0.05, 0) is 44.2 Å². The van der Waals surface area contributed by atoms with Gasteiger partial charge in [-0.2, -0.15) is 4.31 Å². The van der Waals surface area contributed by atoms with Crippen LogP contribution < -0.4 is 0 Å². The Labute approximate surface area is 157 Å². The molecule has 3 rings (SSSR count). The summed E-state index contributed by atoms with van der Waals surface area (Å²) >= 11 is 0. The Bertz CT molecular complexity index is 970. The molecule has 2 aromatic rings. The van der Waals surface area contributed by atoms with E-state index in [1.807, 2.05) is 0 Å². The second-order valence-corrected chi connectivity index (χ2v) is 8.33. The maximum atomic E-state index is 12.7. The van der Waals surface area contributed by atoms with Gasteiger partial charge in [0.05, 0.1) is 10.5 Å². The molecule has 1 saturated heterocycles. The Kier molecular flexibility index (Phi) is 5.07. The number of carbonyl (C=O) groups excluding carboxylic acids is 1. The summed E-state index contributed by atoms with van der Waals surface area (Å²) in [6, 6.07) is 6.87. The zero-order valence-corrected chi connectivity index (χ0v) is 15.8. The first kappa shape index (κ1) is 19.1. The number of nitrogens with zero attached hydrogens (tertiary/aromatic N) is 2. The molecule has 1 fully saturated rings. The van der Waals surface area contributed by atoms with Crippen molar-refractivity contribution >= 4 is 21.9 Å². The third-order valence-electron chi connectivity index (χ3n) is 4.50. The SMILES string of the molecule is Cc1cc(C)c(C(=O)N2CCN(S(=O)(=O)c3ccc(C(=O)O)cc3)CC2)o1. The van der Waals surface area contributed by atoms with Gasteiger partial charge in [0.25, 0.3) is 5.91 Å². The van der Waals surface area contributed by atoms with Crippen molar-refractivity contribution in [2.24, 2.45) is 0 Å². The van der Waals surface area contributed by atoms with Gasteiger partial charge in [0, 0.05) is 31.7 Å². The van der Waals surface area contributed by atoms with Crippen LogP contribution in [0.2, 0.25) is 0 Å². The average Bonchev–Trinajstić information content (AvgIpc) is 2.99. The minimum atomic E-state index is -3.74. The minimum Gasteiger partial charge on any atom is -0.478 e. The Morgan fingerprint density at radius 1 is 1.04 bits per heavy atom. The van der Waals surface area contributed by atoms with Gasteiger partial charge in [0.2, 0.25) is 10.0 Å². The summed E-state index contributed by atoms with van der Waals surface area (Å²) in [5.41, 5.74) is 0.777. The number of hydrogen-bond acceptors (Lipinski definition) is 5. The lowest BCUT2D eigenvalue weighted by atomic mass is 10.2. The number of aryl methyl sites for hydroxylation is 2.